The van der Waals surface area contributed by atoms with Gasteiger partial charge in [0, 0.05) is 18.3 Å². The van der Waals surface area contributed by atoms with Crippen LogP contribution in [-0.4, -0.2) is 22.4 Å². The van der Waals surface area contributed by atoms with Gasteiger partial charge in [-0.2, -0.15) is 5.10 Å². The Morgan fingerprint density at radius 2 is 2.06 bits per heavy atom. The van der Waals surface area contributed by atoms with Crippen molar-refractivity contribution < 1.29 is 0 Å². The highest BCUT2D eigenvalue weighted by molar-refractivity contribution is 5.00. The first-order valence-corrected chi connectivity index (χ1v) is 7.48. The van der Waals surface area contributed by atoms with Crippen LogP contribution in [0, 0.1) is 0 Å². The van der Waals surface area contributed by atoms with E-state index in [1.165, 1.54) is 25.0 Å². The van der Waals surface area contributed by atoms with Crippen molar-refractivity contribution in [2.45, 2.75) is 71.9 Å². The molecule has 1 heterocycles. The summed E-state index contributed by atoms with van der Waals surface area (Å²) in [6, 6.07) is 3.33. The Labute approximate surface area is 112 Å². The lowest BCUT2D eigenvalue weighted by atomic mass is 10.1. The fourth-order valence-corrected chi connectivity index (χ4v) is 2.25. The lowest BCUT2D eigenvalue weighted by Crippen LogP contribution is -2.29. The van der Waals surface area contributed by atoms with E-state index in [2.05, 4.69) is 55.1 Å². The van der Waals surface area contributed by atoms with Crippen LogP contribution in [0.5, 0.6) is 0 Å². The van der Waals surface area contributed by atoms with Gasteiger partial charge in [-0.3, -0.25) is 4.68 Å². The molecule has 0 aromatic carbocycles. The molecule has 3 heteroatoms. The average molecular weight is 251 g/mol. The molecule has 1 aromatic heterocycles. The third kappa shape index (κ3) is 4.81. The topological polar surface area (TPSA) is 29.9 Å². The number of nitrogens with one attached hydrogen (secondary N) is 1. The maximum atomic E-state index is 4.66. The summed E-state index contributed by atoms with van der Waals surface area (Å²) in [6.07, 6.45) is 8.04. The van der Waals surface area contributed by atoms with Crippen LogP contribution < -0.4 is 5.32 Å². The number of aryl methyl sites for hydroxylation is 1. The van der Waals surface area contributed by atoms with Crippen molar-refractivity contribution in [3.8, 4) is 0 Å². The molecule has 0 saturated heterocycles. The van der Waals surface area contributed by atoms with Gasteiger partial charge in [-0.1, -0.05) is 27.2 Å². The number of aromatic nitrogens is 2. The van der Waals surface area contributed by atoms with Gasteiger partial charge in [0.05, 0.1) is 5.69 Å². The molecule has 0 aliphatic rings. The Bertz CT molecular complexity index is 313. The molecule has 18 heavy (non-hydrogen) atoms. The average Bonchev–Trinajstić information content (AvgIpc) is 2.84. The third-order valence-electron chi connectivity index (χ3n) is 3.58. The Balaban J connectivity index is 2.44. The fourth-order valence-electron chi connectivity index (χ4n) is 2.25. The Morgan fingerprint density at radius 1 is 1.28 bits per heavy atom. The van der Waals surface area contributed by atoms with Crippen molar-refractivity contribution in [3.05, 3.63) is 18.0 Å². The third-order valence-corrected chi connectivity index (χ3v) is 3.58. The zero-order valence-corrected chi connectivity index (χ0v) is 12.4. The summed E-state index contributed by atoms with van der Waals surface area (Å²) in [5.74, 6) is 0. The van der Waals surface area contributed by atoms with E-state index in [0.29, 0.717) is 12.1 Å². The van der Waals surface area contributed by atoms with Crippen molar-refractivity contribution in [1.29, 1.82) is 0 Å². The molecule has 0 aliphatic heterocycles. The van der Waals surface area contributed by atoms with Crippen LogP contribution in [0.2, 0.25) is 0 Å². The molecular formula is C15H29N3. The van der Waals surface area contributed by atoms with Crippen molar-refractivity contribution >= 4 is 0 Å². The van der Waals surface area contributed by atoms with E-state index in [1.54, 1.807) is 0 Å². The van der Waals surface area contributed by atoms with Crippen LogP contribution >= 0.6 is 0 Å². The highest BCUT2D eigenvalue weighted by Gasteiger charge is 2.09. The van der Waals surface area contributed by atoms with Crippen molar-refractivity contribution in [3.63, 3.8) is 0 Å². The first kappa shape index (κ1) is 15.2. The fraction of sp³-hybridized carbons (Fsp3) is 0.800. The van der Waals surface area contributed by atoms with Gasteiger partial charge in [-0.15, -0.1) is 0 Å². The van der Waals surface area contributed by atoms with E-state index in [4.69, 9.17) is 0 Å². The van der Waals surface area contributed by atoms with Gasteiger partial charge in [0.15, 0.2) is 0 Å². The molecule has 1 aromatic rings. The van der Waals surface area contributed by atoms with E-state index < -0.39 is 0 Å². The van der Waals surface area contributed by atoms with Gasteiger partial charge < -0.3 is 5.32 Å². The quantitative estimate of drug-likeness (QED) is 0.727. The zero-order chi connectivity index (χ0) is 13.4. The lowest BCUT2D eigenvalue weighted by molar-refractivity contribution is 0.448. The largest absolute Gasteiger partial charge is 0.314 e. The van der Waals surface area contributed by atoms with Gasteiger partial charge in [0.1, 0.15) is 0 Å². The summed E-state index contributed by atoms with van der Waals surface area (Å²) in [6.45, 7) is 9.91. The molecule has 104 valence electrons. The standard InChI is InChI=1S/C15H29N3/c1-5-8-14(16-7-3)9-10-15-11-12-18(17-15)13(4)6-2/h11-14,16H,5-10H2,1-4H3. The predicted octanol–water partition coefficient (Wildman–Crippen LogP) is 3.56. The Morgan fingerprint density at radius 3 is 2.67 bits per heavy atom. The van der Waals surface area contributed by atoms with Crippen LogP contribution in [0.4, 0.5) is 0 Å². The summed E-state index contributed by atoms with van der Waals surface area (Å²) < 4.78 is 2.09. The molecule has 2 unspecified atom stereocenters. The van der Waals surface area contributed by atoms with Crippen LogP contribution in [0.25, 0.3) is 0 Å². The number of nitrogens with zero attached hydrogens (tertiary/aromatic N) is 2. The first-order chi connectivity index (χ1) is 8.71. The second kappa shape index (κ2) is 8.30. The second-order valence-electron chi connectivity index (χ2n) is 5.13. The maximum Gasteiger partial charge on any atom is 0.0625 e. The molecule has 0 radical (unpaired) electrons. The molecule has 3 nitrogen and oxygen atoms in total. The number of rotatable bonds is 9. The number of hydrogen-bond acceptors (Lipinski definition) is 2. The summed E-state index contributed by atoms with van der Waals surface area (Å²) in [4.78, 5) is 0. The SMILES string of the molecule is CCCC(CCc1ccn(C(C)CC)n1)NCC. The monoisotopic (exact) mass is 251 g/mol. The van der Waals surface area contributed by atoms with Gasteiger partial charge in [0.2, 0.25) is 0 Å². The lowest BCUT2D eigenvalue weighted by Gasteiger charge is -2.16. The van der Waals surface area contributed by atoms with Gasteiger partial charge in [-0.05, 0) is 45.2 Å². The van der Waals surface area contributed by atoms with Crippen molar-refractivity contribution in [2.75, 3.05) is 6.54 Å². The van der Waals surface area contributed by atoms with E-state index in [1.807, 2.05) is 0 Å². The molecule has 0 bridgehead atoms. The van der Waals surface area contributed by atoms with Crippen LogP contribution in [0.3, 0.4) is 0 Å². The minimum Gasteiger partial charge on any atom is -0.314 e. The summed E-state index contributed by atoms with van der Waals surface area (Å²) >= 11 is 0. The normalized spacial score (nSPS) is 14.7. The first-order valence-electron chi connectivity index (χ1n) is 7.48. The van der Waals surface area contributed by atoms with E-state index >= 15 is 0 Å². The van der Waals surface area contributed by atoms with Crippen LogP contribution in [0.1, 0.15) is 65.1 Å². The predicted molar refractivity (Wildman–Crippen MR) is 77.9 cm³/mol. The van der Waals surface area contributed by atoms with Gasteiger partial charge >= 0.3 is 0 Å². The Hall–Kier alpha value is -0.830. The minimum absolute atomic E-state index is 0.513. The van der Waals surface area contributed by atoms with Crippen molar-refractivity contribution in [2.24, 2.45) is 0 Å². The van der Waals surface area contributed by atoms with Crippen molar-refractivity contribution in [1.82, 2.24) is 15.1 Å². The van der Waals surface area contributed by atoms with E-state index in [9.17, 15) is 0 Å². The van der Waals surface area contributed by atoms with Gasteiger partial charge in [-0.25, -0.2) is 0 Å². The minimum atomic E-state index is 0.513. The molecule has 2 atom stereocenters. The molecule has 1 N–H and O–H groups in total. The highest BCUT2D eigenvalue weighted by Crippen LogP contribution is 2.12. The molecule has 0 amide bonds. The zero-order valence-electron chi connectivity index (χ0n) is 12.4. The molecule has 0 spiro atoms. The summed E-state index contributed by atoms with van der Waals surface area (Å²) in [5.41, 5.74) is 1.23. The highest BCUT2D eigenvalue weighted by atomic mass is 15.3. The summed E-state index contributed by atoms with van der Waals surface area (Å²) in [7, 11) is 0. The van der Waals surface area contributed by atoms with Crippen LogP contribution in [0.15, 0.2) is 12.3 Å². The van der Waals surface area contributed by atoms with E-state index in [0.717, 1.165) is 19.4 Å². The molecular weight excluding hydrogens is 222 g/mol. The Kier molecular flexibility index (Phi) is 7.02. The second-order valence-corrected chi connectivity index (χ2v) is 5.13. The van der Waals surface area contributed by atoms with Crippen LogP contribution in [-0.2, 0) is 6.42 Å². The molecule has 0 saturated carbocycles. The van der Waals surface area contributed by atoms with Gasteiger partial charge in [0.25, 0.3) is 0 Å². The smallest absolute Gasteiger partial charge is 0.0625 e. The van der Waals surface area contributed by atoms with E-state index in [-0.39, 0.29) is 0 Å². The molecule has 1 rings (SSSR count). The molecule has 0 fully saturated rings. The maximum absolute atomic E-state index is 4.66. The number of hydrogen-bond donors (Lipinski definition) is 1. The molecule has 0 aliphatic carbocycles. The summed E-state index contributed by atoms with van der Waals surface area (Å²) in [5, 5.41) is 8.22.